The topological polar surface area (TPSA) is 104 Å². The van der Waals surface area contributed by atoms with Gasteiger partial charge in [-0.05, 0) is 42.2 Å². The van der Waals surface area contributed by atoms with Crippen LogP contribution in [0.1, 0.15) is 36.6 Å². The van der Waals surface area contributed by atoms with Crippen LogP contribution in [0.2, 0.25) is 5.02 Å². The van der Waals surface area contributed by atoms with Crippen LogP contribution in [-0.4, -0.2) is 40.3 Å². The molecule has 0 spiro atoms. The number of nitrogens with zero attached hydrogens (tertiary/aromatic N) is 3. The zero-order chi connectivity index (χ0) is 26.4. The van der Waals surface area contributed by atoms with E-state index >= 15 is 0 Å². The zero-order valence-electron chi connectivity index (χ0n) is 20.5. The summed E-state index contributed by atoms with van der Waals surface area (Å²) in [4.78, 5) is 25.4. The van der Waals surface area contributed by atoms with Gasteiger partial charge in [-0.15, -0.1) is 5.10 Å². The smallest absolute Gasteiger partial charge is 0.414 e. The maximum atomic E-state index is 12.6. The van der Waals surface area contributed by atoms with Crippen molar-refractivity contribution in [3.8, 4) is 11.1 Å². The number of amides is 1. The zero-order valence-corrected chi connectivity index (χ0v) is 21.3. The van der Waals surface area contributed by atoms with E-state index in [1.54, 1.807) is 13.0 Å². The van der Waals surface area contributed by atoms with Gasteiger partial charge in [0.15, 0.2) is 0 Å². The molecule has 1 aliphatic heterocycles. The molecule has 9 heteroatoms. The number of ether oxygens (including phenoxy) is 1. The molecule has 37 heavy (non-hydrogen) atoms. The number of benzene rings is 3. The third-order valence-electron chi connectivity index (χ3n) is 5.85. The first-order valence-electron chi connectivity index (χ1n) is 11.8. The Morgan fingerprint density at radius 1 is 1.00 bits per heavy atom. The van der Waals surface area contributed by atoms with Gasteiger partial charge in [0.05, 0.1) is 18.7 Å². The summed E-state index contributed by atoms with van der Waals surface area (Å²) in [5, 5.41) is 20.5. The lowest BCUT2D eigenvalue weighted by molar-refractivity contribution is -0.136. The summed E-state index contributed by atoms with van der Waals surface area (Å²) in [6.07, 6.45) is -1.18. The van der Waals surface area contributed by atoms with Crippen molar-refractivity contribution in [2.45, 2.75) is 32.9 Å². The van der Waals surface area contributed by atoms with Crippen molar-refractivity contribution >= 4 is 35.3 Å². The average Bonchev–Trinajstić information content (AvgIpc) is 2.86. The molecule has 1 heterocycles. The SMILES string of the molecule is CC1=NN=C(NC(=O)OC(C)c2ccccc2Cl)N(Cc2ccc(-c3ccc(CC(=O)O)cc3)cc2)C1. The van der Waals surface area contributed by atoms with Crippen molar-refractivity contribution in [3.05, 3.63) is 94.5 Å². The standard InChI is InChI=1S/C28H27ClN4O4/c1-18-16-33(27(32-31-18)30-28(36)37-19(2)24-5-3-4-6-25(24)29)17-21-9-13-23(14-10-21)22-11-7-20(8-12-22)15-26(34)35/h3-14,19H,15-17H2,1-2H3,(H,34,35)(H,30,32,36). The van der Waals surface area contributed by atoms with Gasteiger partial charge in [0.25, 0.3) is 0 Å². The first kappa shape index (κ1) is 25.9. The van der Waals surface area contributed by atoms with E-state index in [9.17, 15) is 9.59 Å². The molecule has 0 bridgehead atoms. The van der Waals surface area contributed by atoms with E-state index < -0.39 is 18.2 Å². The lowest BCUT2D eigenvalue weighted by Crippen LogP contribution is -2.47. The molecule has 0 aromatic heterocycles. The van der Waals surface area contributed by atoms with E-state index in [1.807, 2.05) is 78.6 Å². The highest BCUT2D eigenvalue weighted by molar-refractivity contribution is 6.31. The third-order valence-corrected chi connectivity index (χ3v) is 6.19. The van der Waals surface area contributed by atoms with E-state index in [2.05, 4.69) is 15.5 Å². The number of carboxylic acids is 1. The normalized spacial score (nSPS) is 13.9. The quantitative estimate of drug-likeness (QED) is 0.419. The number of halogens is 1. The number of aliphatic carboxylic acids is 1. The van der Waals surface area contributed by atoms with Gasteiger partial charge < -0.3 is 14.7 Å². The molecule has 0 aliphatic carbocycles. The Kier molecular flexibility index (Phi) is 8.20. The summed E-state index contributed by atoms with van der Waals surface area (Å²) < 4.78 is 5.52. The minimum Gasteiger partial charge on any atom is -0.481 e. The monoisotopic (exact) mass is 518 g/mol. The van der Waals surface area contributed by atoms with Crippen LogP contribution < -0.4 is 5.32 Å². The molecular weight excluding hydrogens is 492 g/mol. The highest BCUT2D eigenvalue weighted by atomic mass is 35.5. The Hall–Kier alpha value is -4.17. The number of carboxylic acid groups (broad SMARTS) is 1. The first-order valence-corrected chi connectivity index (χ1v) is 12.1. The average molecular weight is 519 g/mol. The Morgan fingerprint density at radius 2 is 1.62 bits per heavy atom. The first-order chi connectivity index (χ1) is 17.8. The minimum atomic E-state index is -0.851. The molecule has 0 saturated carbocycles. The molecule has 2 N–H and O–H groups in total. The van der Waals surface area contributed by atoms with E-state index in [1.165, 1.54) is 0 Å². The molecule has 190 valence electrons. The Labute approximate surface area is 220 Å². The van der Waals surface area contributed by atoms with Crippen LogP contribution in [0.15, 0.2) is 83.0 Å². The Bertz CT molecular complexity index is 1340. The number of guanidine groups is 1. The van der Waals surface area contributed by atoms with Crippen LogP contribution in [0.25, 0.3) is 11.1 Å². The maximum absolute atomic E-state index is 12.6. The van der Waals surface area contributed by atoms with Crippen molar-refractivity contribution in [1.29, 1.82) is 0 Å². The molecule has 3 aromatic rings. The molecule has 1 aliphatic rings. The van der Waals surface area contributed by atoms with Gasteiger partial charge >= 0.3 is 12.1 Å². The van der Waals surface area contributed by atoms with Crippen molar-refractivity contribution in [2.75, 3.05) is 6.54 Å². The predicted molar refractivity (Wildman–Crippen MR) is 144 cm³/mol. The molecule has 0 fully saturated rings. The van der Waals surface area contributed by atoms with E-state index in [4.69, 9.17) is 21.4 Å². The number of carbonyl (C=O) groups is 2. The lowest BCUT2D eigenvalue weighted by Gasteiger charge is -2.28. The summed E-state index contributed by atoms with van der Waals surface area (Å²) in [5.41, 5.74) is 5.34. The van der Waals surface area contributed by atoms with Gasteiger partial charge in [-0.2, -0.15) is 5.10 Å². The molecule has 0 radical (unpaired) electrons. The third kappa shape index (κ3) is 6.95. The van der Waals surface area contributed by atoms with Crippen molar-refractivity contribution in [2.24, 2.45) is 10.2 Å². The molecule has 1 atom stereocenters. The molecule has 1 unspecified atom stereocenters. The number of hydrogen-bond acceptors (Lipinski definition) is 6. The van der Waals surface area contributed by atoms with Crippen molar-refractivity contribution in [3.63, 3.8) is 0 Å². The Morgan fingerprint density at radius 3 is 2.24 bits per heavy atom. The summed E-state index contributed by atoms with van der Waals surface area (Å²) in [6, 6.07) is 22.7. The summed E-state index contributed by atoms with van der Waals surface area (Å²) >= 11 is 6.22. The van der Waals surface area contributed by atoms with Crippen LogP contribution in [-0.2, 0) is 22.5 Å². The maximum Gasteiger partial charge on any atom is 0.414 e. The van der Waals surface area contributed by atoms with E-state index in [0.29, 0.717) is 29.6 Å². The van der Waals surface area contributed by atoms with Crippen LogP contribution in [0.4, 0.5) is 4.79 Å². The minimum absolute atomic E-state index is 0.00213. The largest absolute Gasteiger partial charge is 0.481 e. The lowest BCUT2D eigenvalue weighted by atomic mass is 10.0. The van der Waals surface area contributed by atoms with Gasteiger partial charge in [-0.1, -0.05) is 78.3 Å². The molecular formula is C28H27ClN4O4. The van der Waals surface area contributed by atoms with Gasteiger partial charge in [-0.25, -0.2) is 4.79 Å². The molecule has 0 saturated heterocycles. The van der Waals surface area contributed by atoms with Gasteiger partial charge in [0.2, 0.25) is 5.96 Å². The fourth-order valence-electron chi connectivity index (χ4n) is 3.98. The fraction of sp³-hybridized carbons (Fsp3) is 0.214. The summed E-state index contributed by atoms with van der Waals surface area (Å²) in [6.45, 7) is 4.64. The number of rotatable bonds is 7. The van der Waals surface area contributed by atoms with Crippen LogP contribution in [0.5, 0.6) is 0 Å². The van der Waals surface area contributed by atoms with E-state index in [0.717, 1.165) is 28.0 Å². The van der Waals surface area contributed by atoms with Gasteiger partial charge in [0.1, 0.15) is 6.10 Å². The van der Waals surface area contributed by atoms with Crippen molar-refractivity contribution in [1.82, 2.24) is 10.2 Å². The number of carbonyl (C=O) groups excluding carboxylic acids is 1. The van der Waals surface area contributed by atoms with Crippen LogP contribution >= 0.6 is 11.6 Å². The van der Waals surface area contributed by atoms with Gasteiger partial charge in [0, 0.05) is 17.1 Å². The van der Waals surface area contributed by atoms with Crippen LogP contribution in [0, 0.1) is 0 Å². The second-order valence-electron chi connectivity index (χ2n) is 8.77. The Balaban J connectivity index is 1.40. The highest BCUT2D eigenvalue weighted by Crippen LogP contribution is 2.25. The summed E-state index contributed by atoms with van der Waals surface area (Å²) in [7, 11) is 0. The van der Waals surface area contributed by atoms with E-state index in [-0.39, 0.29) is 6.42 Å². The van der Waals surface area contributed by atoms with Crippen LogP contribution in [0.3, 0.4) is 0 Å². The van der Waals surface area contributed by atoms with Gasteiger partial charge in [-0.3, -0.25) is 10.1 Å². The number of nitrogens with one attached hydrogen (secondary N) is 1. The molecule has 3 aromatic carbocycles. The summed E-state index contributed by atoms with van der Waals surface area (Å²) in [5.74, 6) is -0.545. The molecule has 8 nitrogen and oxygen atoms in total. The fourth-order valence-corrected chi connectivity index (χ4v) is 4.27. The second-order valence-corrected chi connectivity index (χ2v) is 9.18. The second kappa shape index (κ2) is 11.7. The molecule has 1 amide bonds. The predicted octanol–water partition coefficient (Wildman–Crippen LogP) is 5.67. The number of alkyl carbamates (subject to hydrolysis) is 1. The molecule has 4 rings (SSSR count). The number of hydrogen-bond donors (Lipinski definition) is 2. The van der Waals surface area contributed by atoms with Crippen molar-refractivity contribution < 1.29 is 19.4 Å². The highest BCUT2D eigenvalue weighted by Gasteiger charge is 2.22.